The molecule has 0 amide bonds. The van der Waals surface area contributed by atoms with Crippen molar-refractivity contribution < 1.29 is 19.3 Å². The second-order valence-corrected chi connectivity index (χ2v) is 7.95. The van der Waals surface area contributed by atoms with Gasteiger partial charge < -0.3 is 14.7 Å². The fraction of sp³-hybridized carbons (Fsp3) is 0.435. The second kappa shape index (κ2) is 9.29. The zero-order valence-corrected chi connectivity index (χ0v) is 17.0. The predicted molar refractivity (Wildman–Crippen MR) is 114 cm³/mol. The monoisotopic (exact) mass is 396 g/mol. The van der Waals surface area contributed by atoms with E-state index in [1.165, 1.54) is 32.4 Å². The molecule has 1 atom stereocenters. The van der Waals surface area contributed by atoms with Gasteiger partial charge in [-0.25, -0.2) is 9.13 Å². The third-order valence-electron chi connectivity index (χ3n) is 5.84. The summed E-state index contributed by atoms with van der Waals surface area (Å²) in [5.41, 5.74) is 8.73. The van der Waals surface area contributed by atoms with Gasteiger partial charge in [-0.15, -0.1) is 0 Å². The molecule has 0 spiro atoms. The normalized spacial score (nSPS) is 16.2. The lowest BCUT2D eigenvalue weighted by Gasteiger charge is -2.22. The number of hydrogen-bond acceptors (Lipinski definition) is 3. The Morgan fingerprint density at radius 3 is 2.55 bits per heavy atom. The Labute approximate surface area is 172 Å². The minimum atomic E-state index is -0.644. The van der Waals surface area contributed by atoms with Crippen LogP contribution in [0.4, 0.5) is 5.95 Å². The molecule has 6 nitrogen and oxygen atoms in total. The highest BCUT2D eigenvalue weighted by molar-refractivity contribution is 5.73. The summed E-state index contributed by atoms with van der Waals surface area (Å²) >= 11 is 0. The number of nitrogens with zero attached hydrogens (tertiary/aromatic N) is 2. The topological polar surface area (TPSA) is 68.7 Å². The molecular formula is C23H32N4O2+2. The molecule has 2 aromatic carbocycles. The van der Waals surface area contributed by atoms with E-state index < -0.39 is 6.10 Å². The molecule has 1 unspecified atom stereocenters. The quantitative estimate of drug-likeness (QED) is 0.498. The molecular weight excluding hydrogens is 364 g/mol. The Balaban J connectivity index is 1.47. The summed E-state index contributed by atoms with van der Waals surface area (Å²) in [7, 11) is 0. The summed E-state index contributed by atoms with van der Waals surface area (Å²) in [6.07, 6.45) is 3.37. The standard InChI is InChI=1S/C23H30N4O2/c24-23-26(16-15-25-13-7-2-8-14-25)21-11-5-6-12-22(21)27(23)17-19(28)18-29-20-9-3-1-4-10-20/h1,3-6,9-12,19,24,28H,2,7-8,13-18H2/p+2. The summed E-state index contributed by atoms with van der Waals surface area (Å²) in [6, 6.07) is 17.8. The zero-order chi connectivity index (χ0) is 20.1. The number of aromatic nitrogens is 2. The van der Waals surface area contributed by atoms with Gasteiger partial charge in [0.1, 0.15) is 49.1 Å². The molecule has 0 saturated carbocycles. The summed E-state index contributed by atoms with van der Waals surface area (Å²) in [4.78, 5) is 1.66. The number of imidazole rings is 1. The van der Waals surface area contributed by atoms with Gasteiger partial charge in [-0.05, 0) is 43.5 Å². The van der Waals surface area contributed by atoms with Gasteiger partial charge in [0.25, 0.3) is 0 Å². The van der Waals surface area contributed by atoms with Gasteiger partial charge in [-0.2, -0.15) is 0 Å². The first-order valence-corrected chi connectivity index (χ1v) is 10.7. The van der Waals surface area contributed by atoms with Crippen molar-refractivity contribution in [2.45, 2.75) is 38.5 Å². The van der Waals surface area contributed by atoms with Crippen LogP contribution >= 0.6 is 0 Å². The van der Waals surface area contributed by atoms with Gasteiger partial charge in [0, 0.05) is 0 Å². The van der Waals surface area contributed by atoms with Crippen LogP contribution in [0.15, 0.2) is 54.6 Å². The lowest BCUT2D eigenvalue weighted by atomic mass is 10.1. The molecule has 1 aromatic heterocycles. The lowest BCUT2D eigenvalue weighted by molar-refractivity contribution is -0.905. The molecule has 1 aliphatic rings. The highest BCUT2D eigenvalue weighted by Gasteiger charge is 2.24. The lowest BCUT2D eigenvalue weighted by Crippen LogP contribution is -3.13. The van der Waals surface area contributed by atoms with Gasteiger partial charge in [-0.3, -0.25) is 5.73 Å². The average molecular weight is 397 g/mol. The summed E-state index contributed by atoms with van der Waals surface area (Å²) in [5, 5.41) is 10.6. The van der Waals surface area contributed by atoms with E-state index in [0.29, 0.717) is 12.5 Å². The minimum absolute atomic E-state index is 0.230. The highest BCUT2D eigenvalue weighted by Crippen LogP contribution is 2.16. The van der Waals surface area contributed by atoms with Gasteiger partial charge in [-0.1, -0.05) is 30.3 Å². The van der Waals surface area contributed by atoms with Crippen molar-refractivity contribution in [3.63, 3.8) is 0 Å². The van der Waals surface area contributed by atoms with Crippen LogP contribution in [0, 0.1) is 0 Å². The Hall–Kier alpha value is -2.57. The Bertz CT molecular complexity index is 919. The van der Waals surface area contributed by atoms with Crippen LogP contribution in [0.3, 0.4) is 0 Å². The van der Waals surface area contributed by atoms with Crippen LogP contribution in [0.25, 0.3) is 11.0 Å². The Morgan fingerprint density at radius 1 is 1.03 bits per heavy atom. The van der Waals surface area contributed by atoms with E-state index in [0.717, 1.165) is 29.9 Å². The van der Waals surface area contributed by atoms with Crippen molar-refractivity contribution in [2.24, 2.45) is 0 Å². The molecule has 4 N–H and O–H groups in total. The van der Waals surface area contributed by atoms with Crippen LogP contribution in [0.1, 0.15) is 19.3 Å². The van der Waals surface area contributed by atoms with Crippen molar-refractivity contribution in [1.29, 1.82) is 0 Å². The van der Waals surface area contributed by atoms with Gasteiger partial charge in [0.2, 0.25) is 0 Å². The van der Waals surface area contributed by atoms with E-state index in [9.17, 15) is 5.11 Å². The van der Waals surface area contributed by atoms with E-state index in [1.807, 2.05) is 47.0 Å². The molecule has 0 bridgehead atoms. The van der Waals surface area contributed by atoms with Crippen molar-refractivity contribution in [3.8, 4) is 5.75 Å². The molecule has 1 aliphatic heterocycles. The van der Waals surface area contributed by atoms with Gasteiger partial charge >= 0.3 is 5.95 Å². The zero-order valence-electron chi connectivity index (χ0n) is 17.0. The van der Waals surface area contributed by atoms with Crippen LogP contribution in [-0.4, -0.2) is 42.0 Å². The Kier molecular flexibility index (Phi) is 6.32. The largest absolute Gasteiger partial charge is 0.491 e. The summed E-state index contributed by atoms with van der Waals surface area (Å²) < 4.78 is 9.92. The molecule has 1 fully saturated rings. The number of nitrogens with two attached hydrogens (primary N) is 1. The fourth-order valence-corrected chi connectivity index (χ4v) is 4.28. The number of fused-ring (bicyclic) bond motifs is 1. The van der Waals surface area contributed by atoms with Gasteiger partial charge in [0.05, 0.1) is 13.1 Å². The van der Waals surface area contributed by atoms with E-state index in [-0.39, 0.29) is 6.61 Å². The second-order valence-electron chi connectivity index (χ2n) is 7.95. The number of piperidine rings is 1. The minimum Gasteiger partial charge on any atom is -0.491 e. The highest BCUT2D eigenvalue weighted by atomic mass is 16.5. The molecule has 4 rings (SSSR count). The Morgan fingerprint density at radius 2 is 1.76 bits per heavy atom. The van der Waals surface area contributed by atoms with E-state index in [4.69, 9.17) is 10.5 Å². The third-order valence-corrected chi connectivity index (χ3v) is 5.84. The first-order chi connectivity index (χ1) is 14.2. The molecule has 0 aliphatic carbocycles. The SMILES string of the molecule is Nc1n(CC[NH+]2CCCCC2)c2ccccc2[n+]1CC(O)COc1ccccc1. The van der Waals surface area contributed by atoms with Gasteiger partial charge in [0.15, 0.2) is 0 Å². The molecule has 29 heavy (non-hydrogen) atoms. The summed E-state index contributed by atoms with van der Waals surface area (Å²) in [6.45, 7) is 5.13. The maximum Gasteiger partial charge on any atom is 0.356 e. The van der Waals surface area contributed by atoms with Crippen LogP contribution in [0.2, 0.25) is 0 Å². The van der Waals surface area contributed by atoms with E-state index >= 15 is 0 Å². The molecule has 154 valence electrons. The maximum absolute atomic E-state index is 10.6. The number of nitrogen functional groups attached to an aromatic ring is 1. The number of quaternary nitrogens is 1. The smallest absolute Gasteiger partial charge is 0.356 e. The number of ether oxygens (including phenoxy) is 1. The number of aliphatic hydroxyl groups excluding tert-OH is 1. The molecule has 2 heterocycles. The van der Waals surface area contributed by atoms with Crippen molar-refractivity contribution >= 4 is 17.0 Å². The van der Waals surface area contributed by atoms with Crippen LogP contribution < -0.4 is 19.9 Å². The number of anilines is 1. The van der Waals surface area contributed by atoms with E-state index in [2.05, 4.69) is 16.7 Å². The number of aliphatic hydroxyl groups is 1. The number of rotatable bonds is 8. The van der Waals surface area contributed by atoms with Crippen molar-refractivity contribution in [1.82, 2.24) is 4.57 Å². The van der Waals surface area contributed by atoms with Crippen LogP contribution in [0.5, 0.6) is 5.75 Å². The van der Waals surface area contributed by atoms with E-state index in [1.54, 1.807) is 4.90 Å². The molecule has 0 radical (unpaired) electrons. The first kappa shape index (κ1) is 19.7. The first-order valence-electron chi connectivity index (χ1n) is 10.7. The van der Waals surface area contributed by atoms with Crippen LogP contribution in [-0.2, 0) is 13.1 Å². The maximum atomic E-state index is 10.6. The average Bonchev–Trinajstić information content (AvgIpc) is 3.03. The number of likely N-dealkylation sites (tertiary alicyclic amines) is 1. The van der Waals surface area contributed by atoms with Crippen molar-refractivity contribution in [2.75, 3.05) is 32.0 Å². The number of benzene rings is 2. The third kappa shape index (κ3) is 4.71. The molecule has 6 heteroatoms. The molecule has 3 aromatic rings. The number of para-hydroxylation sites is 3. The van der Waals surface area contributed by atoms with Crippen molar-refractivity contribution in [3.05, 3.63) is 54.6 Å². The predicted octanol–water partition coefficient (Wildman–Crippen LogP) is 1.02. The fourth-order valence-electron chi connectivity index (χ4n) is 4.28. The summed E-state index contributed by atoms with van der Waals surface area (Å²) in [5.74, 6) is 1.46. The molecule has 1 saturated heterocycles. The number of hydrogen-bond donors (Lipinski definition) is 3. The number of nitrogens with one attached hydrogen (secondary N) is 1.